The molecule has 5 heteroatoms. The predicted octanol–water partition coefficient (Wildman–Crippen LogP) is 2.36. The van der Waals surface area contributed by atoms with E-state index in [4.69, 9.17) is 0 Å². The monoisotopic (exact) mass is 310 g/mol. The van der Waals surface area contributed by atoms with Crippen molar-refractivity contribution in [3.05, 3.63) is 48.3 Å². The summed E-state index contributed by atoms with van der Waals surface area (Å²) in [6.07, 6.45) is 7.25. The number of nitrogens with zero attached hydrogens (tertiary/aromatic N) is 3. The van der Waals surface area contributed by atoms with Crippen LogP contribution in [0.25, 0.3) is 11.4 Å². The summed E-state index contributed by atoms with van der Waals surface area (Å²) in [5, 5.41) is 3.00. The molecule has 0 spiro atoms. The Labute approximate surface area is 136 Å². The van der Waals surface area contributed by atoms with Crippen molar-refractivity contribution in [2.45, 2.75) is 19.3 Å². The normalized spacial score (nSPS) is 15.3. The van der Waals surface area contributed by atoms with E-state index in [2.05, 4.69) is 20.2 Å². The summed E-state index contributed by atoms with van der Waals surface area (Å²) < 4.78 is 0. The smallest absolute Gasteiger partial charge is 0.251 e. The van der Waals surface area contributed by atoms with Crippen molar-refractivity contribution in [2.24, 2.45) is 0 Å². The number of aromatic nitrogens is 2. The number of hydrogen-bond donors (Lipinski definition) is 1. The molecule has 1 aliphatic rings. The third-order valence-corrected chi connectivity index (χ3v) is 4.11. The number of pyridine rings is 2. The molecule has 3 rings (SSSR count). The van der Waals surface area contributed by atoms with Crippen LogP contribution in [-0.4, -0.2) is 47.0 Å². The van der Waals surface area contributed by atoms with Crippen molar-refractivity contribution in [1.82, 2.24) is 20.2 Å². The molecule has 1 N–H and O–H groups in total. The fourth-order valence-corrected chi connectivity index (χ4v) is 2.84. The first kappa shape index (κ1) is 15.6. The summed E-state index contributed by atoms with van der Waals surface area (Å²) in [5.74, 6) is -0.0541. The second-order valence-corrected chi connectivity index (χ2v) is 5.80. The van der Waals surface area contributed by atoms with Crippen molar-refractivity contribution in [2.75, 3.05) is 26.2 Å². The summed E-state index contributed by atoms with van der Waals surface area (Å²) in [4.78, 5) is 23.3. The summed E-state index contributed by atoms with van der Waals surface area (Å²) in [6.45, 7) is 3.90. The van der Waals surface area contributed by atoms with Gasteiger partial charge in [0.1, 0.15) is 0 Å². The average molecular weight is 310 g/mol. The van der Waals surface area contributed by atoms with Crippen LogP contribution in [0.15, 0.2) is 42.7 Å². The van der Waals surface area contributed by atoms with Crippen molar-refractivity contribution in [3.8, 4) is 11.4 Å². The van der Waals surface area contributed by atoms with Crippen LogP contribution in [-0.2, 0) is 0 Å². The van der Waals surface area contributed by atoms with E-state index in [0.717, 1.165) is 25.3 Å². The molecule has 0 aliphatic carbocycles. The maximum absolute atomic E-state index is 12.3. The molecule has 1 fully saturated rings. The summed E-state index contributed by atoms with van der Waals surface area (Å²) >= 11 is 0. The Balaban J connectivity index is 1.57. The highest BCUT2D eigenvalue weighted by Crippen LogP contribution is 2.14. The maximum atomic E-state index is 12.3. The lowest BCUT2D eigenvalue weighted by Crippen LogP contribution is -2.37. The number of carbonyl (C=O) groups is 1. The zero-order valence-electron chi connectivity index (χ0n) is 13.2. The van der Waals surface area contributed by atoms with E-state index in [1.54, 1.807) is 24.5 Å². The average Bonchev–Trinajstić information content (AvgIpc) is 2.63. The van der Waals surface area contributed by atoms with E-state index in [1.165, 1.54) is 19.3 Å². The third kappa shape index (κ3) is 4.36. The molecule has 0 atom stereocenters. The van der Waals surface area contributed by atoms with Gasteiger partial charge in [-0.25, -0.2) is 0 Å². The van der Waals surface area contributed by atoms with Crippen molar-refractivity contribution in [3.63, 3.8) is 0 Å². The molecule has 1 amide bonds. The van der Waals surface area contributed by atoms with Gasteiger partial charge in [0, 0.05) is 31.0 Å². The lowest BCUT2D eigenvalue weighted by Gasteiger charge is -2.26. The number of hydrogen-bond acceptors (Lipinski definition) is 4. The molecule has 1 saturated heterocycles. The predicted molar refractivity (Wildman–Crippen MR) is 90.1 cm³/mol. The standard InChI is InChI=1S/C18H22N4O/c23-18(21-10-13-22-11-4-1-5-12-22)15-7-9-20-17(14-15)16-6-2-3-8-19-16/h2-3,6-9,14H,1,4-5,10-13H2,(H,21,23). The molecule has 3 heterocycles. The van der Waals surface area contributed by atoms with Crippen molar-refractivity contribution < 1.29 is 4.79 Å². The first-order chi connectivity index (χ1) is 11.3. The molecule has 0 aromatic carbocycles. The molecule has 0 radical (unpaired) electrons. The minimum absolute atomic E-state index is 0.0541. The molecular weight excluding hydrogens is 288 g/mol. The van der Waals surface area contributed by atoms with E-state index in [9.17, 15) is 4.79 Å². The molecule has 2 aromatic rings. The largest absolute Gasteiger partial charge is 0.351 e. The minimum Gasteiger partial charge on any atom is -0.351 e. The Morgan fingerprint density at radius 3 is 2.65 bits per heavy atom. The number of likely N-dealkylation sites (tertiary alicyclic amines) is 1. The fourth-order valence-electron chi connectivity index (χ4n) is 2.84. The molecular formula is C18H22N4O. The first-order valence-corrected chi connectivity index (χ1v) is 8.21. The van der Waals surface area contributed by atoms with Crippen LogP contribution in [0.2, 0.25) is 0 Å². The second kappa shape index (κ2) is 7.83. The van der Waals surface area contributed by atoms with Crippen LogP contribution < -0.4 is 5.32 Å². The van der Waals surface area contributed by atoms with E-state index >= 15 is 0 Å². The Morgan fingerprint density at radius 1 is 1.04 bits per heavy atom. The highest BCUT2D eigenvalue weighted by molar-refractivity contribution is 5.94. The van der Waals surface area contributed by atoms with E-state index in [0.29, 0.717) is 17.8 Å². The molecule has 2 aromatic heterocycles. The van der Waals surface area contributed by atoms with E-state index < -0.39 is 0 Å². The van der Waals surface area contributed by atoms with Gasteiger partial charge in [0.15, 0.2) is 0 Å². The number of nitrogens with one attached hydrogen (secondary N) is 1. The van der Waals surface area contributed by atoms with Crippen LogP contribution in [0.4, 0.5) is 0 Å². The first-order valence-electron chi connectivity index (χ1n) is 8.21. The summed E-state index contributed by atoms with van der Waals surface area (Å²) in [5.41, 5.74) is 2.11. The molecule has 5 nitrogen and oxygen atoms in total. The quantitative estimate of drug-likeness (QED) is 0.921. The molecule has 120 valence electrons. The number of piperidine rings is 1. The Kier molecular flexibility index (Phi) is 5.32. The summed E-state index contributed by atoms with van der Waals surface area (Å²) in [7, 11) is 0. The number of rotatable bonds is 5. The zero-order chi connectivity index (χ0) is 15.9. The van der Waals surface area contributed by atoms with Gasteiger partial charge in [-0.05, 0) is 50.2 Å². The highest BCUT2D eigenvalue weighted by atomic mass is 16.1. The van der Waals surface area contributed by atoms with Gasteiger partial charge in [-0.3, -0.25) is 14.8 Å². The third-order valence-electron chi connectivity index (χ3n) is 4.11. The zero-order valence-corrected chi connectivity index (χ0v) is 13.2. The Bertz CT molecular complexity index is 638. The van der Waals surface area contributed by atoms with Gasteiger partial charge in [-0.1, -0.05) is 12.5 Å². The SMILES string of the molecule is O=C(NCCN1CCCCC1)c1ccnc(-c2ccccn2)c1. The fraction of sp³-hybridized carbons (Fsp3) is 0.389. The van der Waals surface area contributed by atoms with E-state index in [-0.39, 0.29) is 5.91 Å². The van der Waals surface area contributed by atoms with Crippen LogP contribution in [0, 0.1) is 0 Å². The lowest BCUT2D eigenvalue weighted by atomic mass is 10.1. The highest BCUT2D eigenvalue weighted by Gasteiger charge is 2.11. The van der Waals surface area contributed by atoms with Crippen LogP contribution in [0.1, 0.15) is 29.6 Å². The van der Waals surface area contributed by atoms with Crippen molar-refractivity contribution in [1.29, 1.82) is 0 Å². The molecule has 23 heavy (non-hydrogen) atoms. The van der Waals surface area contributed by atoms with Gasteiger partial charge >= 0.3 is 0 Å². The van der Waals surface area contributed by atoms with Gasteiger partial charge in [0.25, 0.3) is 5.91 Å². The lowest BCUT2D eigenvalue weighted by molar-refractivity contribution is 0.0946. The summed E-state index contributed by atoms with van der Waals surface area (Å²) in [6, 6.07) is 9.19. The van der Waals surface area contributed by atoms with Crippen LogP contribution in [0.5, 0.6) is 0 Å². The van der Waals surface area contributed by atoms with Crippen LogP contribution in [0.3, 0.4) is 0 Å². The number of amides is 1. The minimum atomic E-state index is -0.0541. The second-order valence-electron chi connectivity index (χ2n) is 5.80. The van der Waals surface area contributed by atoms with Gasteiger partial charge in [0.2, 0.25) is 0 Å². The molecule has 0 bridgehead atoms. The molecule has 1 aliphatic heterocycles. The van der Waals surface area contributed by atoms with Crippen LogP contribution >= 0.6 is 0 Å². The maximum Gasteiger partial charge on any atom is 0.251 e. The number of carbonyl (C=O) groups excluding carboxylic acids is 1. The Morgan fingerprint density at radius 2 is 1.87 bits per heavy atom. The topological polar surface area (TPSA) is 58.1 Å². The van der Waals surface area contributed by atoms with Crippen molar-refractivity contribution >= 4 is 5.91 Å². The van der Waals surface area contributed by atoms with Gasteiger partial charge in [0.05, 0.1) is 11.4 Å². The van der Waals surface area contributed by atoms with Gasteiger partial charge in [-0.2, -0.15) is 0 Å². The molecule has 0 unspecified atom stereocenters. The van der Waals surface area contributed by atoms with E-state index in [1.807, 2.05) is 18.2 Å². The molecule has 0 saturated carbocycles. The Hall–Kier alpha value is -2.27. The van der Waals surface area contributed by atoms with Gasteiger partial charge < -0.3 is 10.2 Å². The van der Waals surface area contributed by atoms with Gasteiger partial charge in [-0.15, -0.1) is 0 Å².